The van der Waals surface area contributed by atoms with Crippen molar-refractivity contribution in [1.29, 1.82) is 0 Å². The molecule has 0 saturated heterocycles. The summed E-state index contributed by atoms with van der Waals surface area (Å²) in [6.07, 6.45) is 7.29. The number of Topliss-reactive ketones (excluding diaryl/α,β-unsaturated/α-hetero) is 1. The molecular formula is C21H21N5OS. The van der Waals surface area contributed by atoms with Crippen molar-refractivity contribution in [3.05, 3.63) is 59.9 Å². The number of hydrogen-bond donors (Lipinski definition) is 1. The first-order valence-electron chi connectivity index (χ1n) is 9.29. The largest absolute Gasteiger partial charge is 0.328 e. The van der Waals surface area contributed by atoms with Crippen LogP contribution in [0.5, 0.6) is 0 Å². The average molecular weight is 392 g/mol. The van der Waals surface area contributed by atoms with E-state index < -0.39 is 0 Å². The van der Waals surface area contributed by atoms with Gasteiger partial charge in [0.2, 0.25) is 0 Å². The van der Waals surface area contributed by atoms with Crippen molar-refractivity contribution in [3.63, 3.8) is 0 Å². The molecule has 1 unspecified atom stereocenters. The lowest BCUT2D eigenvalue weighted by Crippen LogP contribution is -2.19. The number of fused-ring (bicyclic) bond motifs is 1. The fourth-order valence-electron chi connectivity index (χ4n) is 3.03. The van der Waals surface area contributed by atoms with Crippen LogP contribution in [0.25, 0.3) is 27.5 Å². The number of pyridine rings is 1. The van der Waals surface area contributed by atoms with Crippen molar-refractivity contribution < 1.29 is 4.79 Å². The molecule has 1 atom stereocenters. The molecule has 142 valence electrons. The summed E-state index contributed by atoms with van der Waals surface area (Å²) in [6.45, 7) is 2.03. The summed E-state index contributed by atoms with van der Waals surface area (Å²) in [4.78, 5) is 22.9. The predicted molar refractivity (Wildman–Crippen MR) is 111 cm³/mol. The molecule has 28 heavy (non-hydrogen) atoms. The van der Waals surface area contributed by atoms with Crippen LogP contribution in [0, 0.1) is 0 Å². The molecule has 4 aromatic rings. The smallest absolute Gasteiger partial charge is 0.165 e. The Morgan fingerprint density at radius 2 is 2.18 bits per heavy atom. The summed E-state index contributed by atoms with van der Waals surface area (Å²) in [7, 11) is 0. The van der Waals surface area contributed by atoms with E-state index >= 15 is 0 Å². The Bertz CT molecular complexity index is 1100. The van der Waals surface area contributed by atoms with Crippen LogP contribution in [0.3, 0.4) is 0 Å². The molecule has 0 saturated carbocycles. The average Bonchev–Trinajstić information content (AvgIpc) is 3.41. The minimum Gasteiger partial charge on any atom is -0.328 e. The van der Waals surface area contributed by atoms with E-state index in [2.05, 4.69) is 10.1 Å². The van der Waals surface area contributed by atoms with Gasteiger partial charge in [-0.25, -0.2) is 9.50 Å². The van der Waals surface area contributed by atoms with Gasteiger partial charge in [-0.05, 0) is 42.5 Å². The maximum atomic E-state index is 12.5. The van der Waals surface area contributed by atoms with E-state index in [1.807, 2.05) is 42.8 Å². The van der Waals surface area contributed by atoms with Gasteiger partial charge >= 0.3 is 0 Å². The van der Waals surface area contributed by atoms with Gasteiger partial charge in [-0.3, -0.25) is 9.78 Å². The molecule has 0 bridgehead atoms. The topological polar surface area (TPSA) is 86.2 Å². The standard InChI is InChI=1S/C21H21N5OS/c1-2-15(22)5-6-19(27)14-7-9-23-18(12-14)16-13-24-26-10-8-17(25-21(16)26)20-4-3-11-28-20/h3-4,7-13,15H,2,5-6,22H2,1H3. The number of hydrogen-bond acceptors (Lipinski definition) is 6. The molecule has 2 N–H and O–H groups in total. The van der Waals surface area contributed by atoms with E-state index in [0.717, 1.165) is 28.2 Å². The van der Waals surface area contributed by atoms with Crippen molar-refractivity contribution >= 4 is 22.8 Å². The Morgan fingerprint density at radius 3 is 2.96 bits per heavy atom. The van der Waals surface area contributed by atoms with Crippen LogP contribution in [-0.4, -0.2) is 31.4 Å². The summed E-state index contributed by atoms with van der Waals surface area (Å²) in [5, 5.41) is 6.41. The predicted octanol–water partition coefficient (Wildman–Crippen LogP) is 4.22. The van der Waals surface area contributed by atoms with Crippen molar-refractivity contribution in [2.24, 2.45) is 5.73 Å². The number of aromatic nitrogens is 4. The molecule has 0 aliphatic carbocycles. The van der Waals surface area contributed by atoms with Crippen molar-refractivity contribution in [2.75, 3.05) is 0 Å². The summed E-state index contributed by atoms with van der Waals surface area (Å²) in [5.41, 5.74) is 9.69. The normalized spacial score (nSPS) is 12.4. The maximum Gasteiger partial charge on any atom is 0.165 e. The van der Waals surface area contributed by atoms with Crippen LogP contribution in [0.1, 0.15) is 36.5 Å². The van der Waals surface area contributed by atoms with Gasteiger partial charge in [-0.1, -0.05) is 13.0 Å². The Morgan fingerprint density at radius 1 is 1.29 bits per heavy atom. The van der Waals surface area contributed by atoms with Crippen LogP contribution in [0.15, 0.2) is 54.3 Å². The molecule has 7 heteroatoms. The highest BCUT2D eigenvalue weighted by Gasteiger charge is 2.14. The lowest BCUT2D eigenvalue weighted by atomic mass is 10.0. The molecule has 0 aromatic carbocycles. The van der Waals surface area contributed by atoms with Crippen molar-refractivity contribution in [3.8, 4) is 21.8 Å². The zero-order valence-electron chi connectivity index (χ0n) is 15.6. The number of carbonyl (C=O) groups is 1. The highest BCUT2D eigenvalue weighted by atomic mass is 32.1. The molecule has 6 nitrogen and oxygen atoms in total. The molecule has 4 aromatic heterocycles. The summed E-state index contributed by atoms with van der Waals surface area (Å²) >= 11 is 1.64. The van der Waals surface area contributed by atoms with Gasteiger partial charge < -0.3 is 5.73 Å². The van der Waals surface area contributed by atoms with Gasteiger partial charge in [0.1, 0.15) is 0 Å². The Balaban J connectivity index is 1.66. The zero-order chi connectivity index (χ0) is 19.5. The maximum absolute atomic E-state index is 12.5. The van der Waals surface area contributed by atoms with Gasteiger partial charge in [0.15, 0.2) is 11.4 Å². The highest BCUT2D eigenvalue weighted by molar-refractivity contribution is 7.13. The lowest BCUT2D eigenvalue weighted by molar-refractivity contribution is 0.0977. The molecule has 0 spiro atoms. The molecule has 0 aliphatic heterocycles. The van der Waals surface area contributed by atoms with E-state index in [1.54, 1.807) is 34.3 Å². The Hall–Kier alpha value is -2.90. The number of rotatable bonds is 7. The monoisotopic (exact) mass is 391 g/mol. The first-order valence-corrected chi connectivity index (χ1v) is 10.2. The van der Waals surface area contributed by atoms with Crippen LogP contribution in [0.4, 0.5) is 0 Å². The van der Waals surface area contributed by atoms with Crippen LogP contribution >= 0.6 is 11.3 Å². The molecular weight excluding hydrogens is 370 g/mol. The van der Waals surface area contributed by atoms with Crippen LogP contribution < -0.4 is 5.73 Å². The number of carbonyl (C=O) groups excluding carboxylic acids is 1. The third kappa shape index (κ3) is 3.72. The van der Waals surface area contributed by atoms with E-state index in [9.17, 15) is 4.79 Å². The first kappa shape index (κ1) is 18.5. The molecule has 4 rings (SSSR count). The van der Waals surface area contributed by atoms with Gasteiger partial charge in [-0.2, -0.15) is 5.10 Å². The molecule has 0 amide bonds. The third-order valence-corrected chi connectivity index (χ3v) is 5.66. The van der Waals surface area contributed by atoms with Gasteiger partial charge in [0.05, 0.1) is 28.0 Å². The zero-order valence-corrected chi connectivity index (χ0v) is 16.4. The van der Waals surface area contributed by atoms with Gasteiger partial charge in [0.25, 0.3) is 0 Å². The lowest BCUT2D eigenvalue weighted by Gasteiger charge is -2.08. The second-order valence-electron chi connectivity index (χ2n) is 6.68. The SMILES string of the molecule is CCC(N)CCC(=O)c1ccnc(-c2cnn3ccc(-c4cccs4)nc23)c1. The number of thiophene rings is 1. The van der Waals surface area contributed by atoms with Crippen molar-refractivity contribution in [2.45, 2.75) is 32.2 Å². The molecule has 0 radical (unpaired) electrons. The summed E-state index contributed by atoms with van der Waals surface area (Å²) < 4.78 is 1.73. The third-order valence-electron chi connectivity index (χ3n) is 4.77. The number of ketones is 1. The second-order valence-corrected chi connectivity index (χ2v) is 7.62. The molecule has 4 heterocycles. The number of nitrogens with zero attached hydrogens (tertiary/aromatic N) is 4. The van der Waals surface area contributed by atoms with Gasteiger partial charge in [0, 0.05) is 30.4 Å². The van der Waals surface area contributed by atoms with E-state index in [1.165, 1.54) is 0 Å². The number of nitrogens with two attached hydrogens (primary N) is 1. The fourth-order valence-corrected chi connectivity index (χ4v) is 3.72. The minimum atomic E-state index is 0.0600. The summed E-state index contributed by atoms with van der Waals surface area (Å²) in [6, 6.07) is 9.61. The highest BCUT2D eigenvalue weighted by Crippen LogP contribution is 2.27. The minimum absolute atomic E-state index is 0.0600. The van der Waals surface area contributed by atoms with Gasteiger partial charge in [-0.15, -0.1) is 11.3 Å². The molecule has 0 fully saturated rings. The van der Waals surface area contributed by atoms with Crippen LogP contribution in [-0.2, 0) is 0 Å². The Kier molecular flexibility index (Phi) is 5.27. The Labute approximate surface area is 167 Å². The molecule has 0 aliphatic rings. The van der Waals surface area contributed by atoms with E-state index in [0.29, 0.717) is 24.1 Å². The second kappa shape index (κ2) is 8.00. The summed E-state index contributed by atoms with van der Waals surface area (Å²) in [5.74, 6) is 0.0799. The fraction of sp³-hybridized carbons (Fsp3) is 0.238. The van der Waals surface area contributed by atoms with E-state index in [-0.39, 0.29) is 11.8 Å². The first-order chi connectivity index (χ1) is 13.7. The van der Waals surface area contributed by atoms with E-state index in [4.69, 9.17) is 10.7 Å². The quantitative estimate of drug-likeness (QED) is 0.477. The van der Waals surface area contributed by atoms with Crippen molar-refractivity contribution in [1.82, 2.24) is 19.6 Å². The van der Waals surface area contributed by atoms with Crippen LogP contribution in [0.2, 0.25) is 0 Å².